The van der Waals surface area contributed by atoms with Gasteiger partial charge in [-0.25, -0.2) is 0 Å². The van der Waals surface area contributed by atoms with Crippen LogP contribution < -0.4 is 10.6 Å². The molecule has 2 rings (SSSR count). The Labute approximate surface area is 105 Å². The Morgan fingerprint density at radius 2 is 2.28 bits per heavy atom. The van der Waals surface area contributed by atoms with E-state index in [1.54, 1.807) is 0 Å². The molecule has 0 bridgehead atoms. The number of nitrogens with zero attached hydrogens (tertiary/aromatic N) is 2. The summed E-state index contributed by atoms with van der Waals surface area (Å²) < 4.78 is 0. The van der Waals surface area contributed by atoms with E-state index >= 15 is 0 Å². The summed E-state index contributed by atoms with van der Waals surface area (Å²) in [6.45, 7) is 1.96. The average Bonchev–Trinajstić information content (AvgIpc) is 2.81. The SMILES string of the molecule is CN1CCC(NC(=O)c2[nH]ncc2NC=O)CC1. The maximum Gasteiger partial charge on any atom is 0.271 e. The van der Waals surface area contributed by atoms with Crippen LogP contribution in [0.25, 0.3) is 0 Å². The molecule has 0 aliphatic carbocycles. The topological polar surface area (TPSA) is 90.1 Å². The Balaban J connectivity index is 1.94. The van der Waals surface area contributed by atoms with Gasteiger partial charge in [0, 0.05) is 6.04 Å². The van der Waals surface area contributed by atoms with Gasteiger partial charge < -0.3 is 15.5 Å². The summed E-state index contributed by atoms with van der Waals surface area (Å²) in [4.78, 5) is 24.6. The molecule has 0 radical (unpaired) electrons. The highest BCUT2D eigenvalue weighted by Gasteiger charge is 2.21. The van der Waals surface area contributed by atoms with Crippen molar-refractivity contribution in [2.45, 2.75) is 18.9 Å². The van der Waals surface area contributed by atoms with Crippen LogP contribution in [0.2, 0.25) is 0 Å². The van der Waals surface area contributed by atoms with E-state index in [1.807, 2.05) is 0 Å². The molecule has 1 aliphatic heterocycles. The molecule has 2 amide bonds. The molecule has 1 aromatic heterocycles. The van der Waals surface area contributed by atoms with E-state index < -0.39 is 0 Å². The Hall–Kier alpha value is -1.89. The first-order chi connectivity index (χ1) is 8.70. The molecular weight excluding hydrogens is 234 g/mol. The number of piperidine rings is 1. The first-order valence-corrected chi connectivity index (χ1v) is 5.93. The number of likely N-dealkylation sites (tertiary alicyclic amines) is 1. The average molecular weight is 251 g/mol. The third-order valence-electron chi connectivity index (χ3n) is 3.13. The summed E-state index contributed by atoms with van der Waals surface area (Å²) in [5.74, 6) is -0.230. The maximum atomic E-state index is 12.0. The Bertz CT molecular complexity index is 423. The number of aromatic amines is 1. The van der Waals surface area contributed by atoms with Crippen LogP contribution in [0.3, 0.4) is 0 Å². The van der Waals surface area contributed by atoms with Gasteiger partial charge >= 0.3 is 0 Å². The third kappa shape index (κ3) is 2.86. The van der Waals surface area contributed by atoms with Crippen LogP contribution in [0.4, 0.5) is 5.69 Å². The fraction of sp³-hybridized carbons (Fsp3) is 0.545. The Kier molecular flexibility index (Phi) is 3.93. The predicted octanol–water partition coefficient (Wildman–Crippen LogP) is -0.198. The molecule has 2 heterocycles. The van der Waals surface area contributed by atoms with Crippen molar-refractivity contribution in [1.29, 1.82) is 0 Å². The lowest BCUT2D eigenvalue weighted by Crippen LogP contribution is -2.43. The van der Waals surface area contributed by atoms with Gasteiger partial charge in [-0.05, 0) is 33.0 Å². The van der Waals surface area contributed by atoms with Crippen molar-refractivity contribution in [3.05, 3.63) is 11.9 Å². The third-order valence-corrected chi connectivity index (χ3v) is 3.13. The van der Waals surface area contributed by atoms with Gasteiger partial charge in [0.2, 0.25) is 6.41 Å². The predicted molar refractivity (Wildman–Crippen MR) is 66.3 cm³/mol. The minimum Gasteiger partial charge on any atom is -0.348 e. The molecule has 7 nitrogen and oxygen atoms in total. The van der Waals surface area contributed by atoms with Crippen molar-refractivity contribution in [3.63, 3.8) is 0 Å². The lowest BCUT2D eigenvalue weighted by Gasteiger charge is -2.29. The van der Waals surface area contributed by atoms with E-state index in [1.165, 1.54) is 6.20 Å². The van der Waals surface area contributed by atoms with Crippen LogP contribution >= 0.6 is 0 Å². The zero-order chi connectivity index (χ0) is 13.0. The van der Waals surface area contributed by atoms with E-state index in [4.69, 9.17) is 0 Å². The summed E-state index contributed by atoms with van der Waals surface area (Å²) in [5.41, 5.74) is 0.691. The molecule has 18 heavy (non-hydrogen) atoms. The van der Waals surface area contributed by atoms with Crippen LogP contribution in [-0.2, 0) is 4.79 Å². The quantitative estimate of drug-likeness (QED) is 0.646. The van der Waals surface area contributed by atoms with E-state index in [9.17, 15) is 9.59 Å². The van der Waals surface area contributed by atoms with Crippen molar-refractivity contribution < 1.29 is 9.59 Å². The normalized spacial score (nSPS) is 17.4. The monoisotopic (exact) mass is 251 g/mol. The number of carbonyl (C=O) groups excluding carboxylic acids is 2. The first-order valence-electron chi connectivity index (χ1n) is 5.93. The highest BCUT2D eigenvalue weighted by molar-refractivity contribution is 5.99. The number of aromatic nitrogens is 2. The lowest BCUT2D eigenvalue weighted by molar-refractivity contribution is -0.105. The smallest absolute Gasteiger partial charge is 0.271 e. The van der Waals surface area contributed by atoms with Crippen LogP contribution in [0.15, 0.2) is 6.20 Å². The lowest BCUT2D eigenvalue weighted by atomic mass is 10.1. The van der Waals surface area contributed by atoms with Gasteiger partial charge in [0.1, 0.15) is 5.69 Å². The summed E-state index contributed by atoms with van der Waals surface area (Å²) in [7, 11) is 2.07. The van der Waals surface area contributed by atoms with Gasteiger partial charge in [0.15, 0.2) is 0 Å². The molecule has 0 saturated carbocycles. The second-order valence-corrected chi connectivity index (χ2v) is 4.47. The van der Waals surface area contributed by atoms with Crippen molar-refractivity contribution in [1.82, 2.24) is 20.4 Å². The minimum absolute atomic E-state index is 0.182. The van der Waals surface area contributed by atoms with Gasteiger partial charge in [0.25, 0.3) is 5.91 Å². The number of anilines is 1. The largest absolute Gasteiger partial charge is 0.348 e. The van der Waals surface area contributed by atoms with E-state index in [0.29, 0.717) is 17.8 Å². The van der Waals surface area contributed by atoms with Crippen molar-refractivity contribution in [3.8, 4) is 0 Å². The van der Waals surface area contributed by atoms with Crippen molar-refractivity contribution in [2.75, 3.05) is 25.5 Å². The Morgan fingerprint density at radius 3 is 2.94 bits per heavy atom. The zero-order valence-corrected chi connectivity index (χ0v) is 10.3. The highest BCUT2D eigenvalue weighted by atomic mass is 16.2. The molecule has 0 atom stereocenters. The standard InChI is InChI=1S/C11H17N5O2/c1-16-4-2-8(3-5-16)14-11(18)10-9(12-7-17)6-13-15-10/h6-8H,2-5H2,1H3,(H,12,17)(H,13,15)(H,14,18). The summed E-state index contributed by atoms with van der Waals surface area (Å²) in [6, 6.07) is 0.182. The molecule has 7 heteroatoms. The zero-order valence-electron chi connectivity index (χ0n) is 10.3. The molecule has 1 aliphatic rings. The number of H-pyrrole nitrogens is 1. The fourth-order valence-electron chi connectivity index (χ4n) is 2.04. The molecule has 0 unspecified atom stereocenters. The van der Waals surface area contributed by atoms with E-state index in [2.05, 4.69) is 32.8 Å². The van der Waals surface area contributed by atoms with Crippen molar-refractivity contribution in [2.24, 2.45) is 0 Å². The fourth-order valence-corrected chi connectivity index (χ4v) is 2.04. The summed E-state index contributed by atoms with van der Waals surface area (Å²) in [5, 5.41) is 11.7. The number of amides is 2. The van der Waals surface area contributed by atoms with Gasteiger partial charge in [-0.15, -0.1) is 0 Å². The highest BCUT2D eigenvalue weighted by Crippen LogP contribution is 2.13. The van der Waals surface area contributed by atoms with Gasteiger partial charge in [0.05, 0.1) is 11.9 Å². The van der Waals surface area contributed by atoms with Gasteiger partial charge in [-0.2, -0.15) is 5.10 Å². The van der Waals surface area contributed by atoms with Crippen LogP contribution in [-0.4, -0.2) is 53.6 Å². The van der Waals surface area contributed by atoms with Gasteiger partial charge in [-0.3, -0.25) is 14.7 Å². The first kappa shape index (κ1) is 12.6. The van der Waals surface area contributed by atoms with Crippen LogP contribution in [0.5, 0.6) is 0 Å². The minimum atomic E-state index is -0.230. The van der Waals surface area contributed by atoms with Gasteiger partial charge in [-0.1, -0.05) is 0 Å². The Morgan fingerprint density at radius 1 is 1.56 bits per heavy atom. The van der Waals surface area contributed by atoms with E-state index in [-0.39, 0.29) is 11.9 Å². The molecule has 0 spiro atoms. The molecule has 1 saturated heterocycles. The summed E-state index contributed by atoms with van der Waals surface area (Å²) >= 11 is 0. The second-order valence-electron chi connectivity index (χ2n) is 4.47. The molecule has 3 N–H and O–H groups in total. The van der Waals surface area contributed by atoms with Crippen LogP contribution in [0, 0.1) is 0 Å². The molecular formula is C11H17N5O2. The summed E-state index contributed by atoms with van der Waals surface area (Å²) in [6.07, 6.45) is 3.81. The molecule has 1 fully saturated rings. The molecule has 0 aromatic carbocycles. The van der Waals surface area contributed by atoms with E-state index in [0.717, 1.165) is 25.9 Å². The van der Waals surface area contributed by atoms with Crippen molar-refractivity contribution >= 4 is 18.0 Å². The number of carbonyl (C=O) groups is 2. The number of hydrogen-bond acceptors (Lipinski definition) is 4. The number of nitrogens with one attached hydrogen (secondary N) is 3. The maximum absolute atomic E-state index is 12.0. The van der Waals surface area contributed by atoms with Crippen LogP contribution in [0.1, 0.15) is 23.3 Å². The second kappa shape index (κ2) is 5.63. The number of rotatable bonds is 4. The number of hydrogen-bond donors (Lipinski definition) is 3. The molecule has 1 aromatic rings. The molecule has 98 valence electrons.